The zero-order valence-corrected chi connectivity index (χ0v) is 12.4. The molecule has 0 bridgehead atoms. The SMILES string of the molecule is COCCCS(=O)(=O)Nc1ccc(CC(N)=S)cc1. The van der Waals surface area contributed by atoms with Gasteiger partial charge in [-0.1, -0.05) is 24.4 Å². The van der Waals surface area contributed by atoms with Crippen molar-refractivity contribution in [3.05, 3.63) is 29.8 Å². The van der Waals surface area contributed by atoms with Crippen molar-refractivity contribution in [2.75, 3.05) is 24.2 Å². The monoisotopic (exact) mass is 302 g/mol. The molecule has 0 atom stereocenters. The van der Waals surface area contributed by atoms with Crippen molar-refractivity contribution in [2.45, 2.75) is 12.8 Å². The Labute approximate surface area is 119 Å². The van der Waals surface area contributed by atoms with Crippen LogP contribution in [0.25, 0.3) is 0 Å². The lowest BCUT2D eigenvalue weighted by Crippen LogP contribution is -2.17. The molecule has 3 N–H and O–H groups in total. The quantitative estimate of drug-likeness (QED) is 0.559. The number of hydrogen-bond donors (Lipinski definition) is 2. The predicted octanol–water partition coefficient (Wildman–Crippen LogP) is 1.29. The van der Waals surface area contributed by atoms with Gasteiger partial charge in [-0.3, -0.25) is 4.72 Å². The highest BCUT2D eigenvalue weighted by Crippen LogP contribution is 2.12. The Kier molecular flexibility index (Phi) is 6.20. The lowest BCUT2D eigenvalue weighted by molar-refractivity contribution is 0.199. The maximum absolute atomic E-state index is 11.7. The summed E-state index contributed by atoms with van der Waals surface area (Å²) in [6, 6.07) is 6.99. The second-order valence-corrected chi connectivity index (χ2v) is 6.47. The number of hydrogen-bond acceptors (Lipinski definition) is 4. The molecule has 0 saturated carbocycles. The molecule has 0 amide bonds. The van der Waals surface area contributed by atoms with Gasteiger partial charge in [-0.2, -0.15) is 0 Å². The first-order chi connectivity index (χ1) is 8.93. The van der Waals surface area contributed by atoms with Gasteiger partial charge < -0.3 is 10.5 Å². The Morgan fingerprint density at radius 1 is 1.37 bits per heavy atom. The standard InChI is InChI=1S/C12H18N2O3S2/c1-17-7-2-8-19(15,16)14-11-5-3-10(4-6-11)9-12(13)18/h3-6,14H,2,7-9H2,1H3,(H2,13,18). The van der Waals surface area contributed by atoms with E-state index in [2.05, 4.69) is 4.72 Å². The van der Waals surface area contributed by atoms with Gasteiger partial charge in [-0.05, 0) is 24.1 Å². The van der Waals surface area contributed by atoms with E-state index in [9.17, 15) is 8.42 Å². The van der Waals surface area contributed by atoms with Crippen molar-refractivity contribution in [2.24, 2.45) is 5.73 Å². The number of benzene rings is 1. The van der Waals surface area contributed by atoms with Crippen molar-refractivity contribution in [1.82, 2.24) is 0 Å². The average molecular weight is 302 g/mol. The van der Waals surface area contributed by atoms with E-state index in [1.807, 2.05) is 0 Å². The summed E-state index contributed by atoms with van der Waals surface area (Å²) in [4.78, 5) is 0.410. The fraction of sp³-hybridized carbons (Fsp3) is 0.417. The first-order valence-electron chi connectivity index (χ1n) is 5.79. The summed E-state index contributed by atoms with van der Waals surface area (Å²) in [6.07, 6.45) is 0.974. The van der Waals surface area contributed by atoms with Crippen LogP contribution in [0.5, 0.6) is 0 Å². The number of rotatable bonds is 8. The Morgan fingerprint density at radius 3 is 2.53 bits per heavy atom. The summed E-state index contributed by atoms with van der Waals surface area (Å²) in [5, 5.41) is 0. The Bertz CT molecular complexity index is 512. The van der Waals surface area contributed by atoms with E-state index >= 15 is 0 Å². The molecule has 1 rings (SSSR count). The fourth-order valence-electron chi connectivity index (χ4n) is 1.52. The predicted molar refractivity (Wildman–Crippen MR) is 80.8 cm³/mol. The average Bonchev–Trinajstić information content (AvgIpc) is 2.31. The van der Waals surface area contributed by atoms with Crippen LogP contribution in [-0.4, -0.2) is 32.9 Å². The van der Waals surface area contributed by atoms with Crippen LogP contribution in [0.1, 0.15) is 12.0 Å². The molecular formula is C12H18N2O3S2. The van der Waals surface area contributed by atoms with Crippen LogP contribution in [0.15, 0.2) is 24.3 Å². The van der Waals surface area contributed by atoms with Crippen LogP contribution in [0.2, 0.25) is 0 Å². The van der Waals surface area contributed by atoms with Gasteiger partial charge in [0.2, 0.25) is 10.0 Å². The second-order valence-electron chi connectivity index (χ2n) is 4.11. The minimum Gasteiger partial charge on any atom is -0.393 e. The van der Waals surface area contributed by atoms with Crippen LogP contribution < -0.4 is 10.5 Å². The van der Waals surface area contributed by atoms with E-state index in [0.29, 0.717) is 30.1 Å². The topological polar surface area (TPSA) is 81.4 Å². The smallest absolute Gasteiger partial charge is 0.232 e. The number of sulfonamides is 1. The molecule has 106 valence electrons. The zero-order valence-electron chi connectivity index (χ0n) is 10.8. The van der Waals surface area contributed by atoms with E-state index in [-0.39, 0.29) is 5.75 Å². The molecule has 0 aromatic heterocycles. The highest BCUT2D eigenvalue weighted by molar-refractivity contribution is 7.92. The molecular weight excluding hydrogens is 284 g/mol. The van der Waals surface area contributed by atoms with E-state index in [4.69, 9.17) is 22.7 Å². The number of nitrogens with one attached hydrogen (secondary N) is 1. The molecule has 0 aliphatic carbocycles. The molecule has 0 saturated heterocycles. The van der Waals surface area contributed by atoms with Gasteiger partial charge in [0, 0.05) is 25.8 Å². The maximum Gasteiger partial charge on any atom is 0.232 e. The largest absolute Gasteiger partial charge is 0.393 e. The number of methoxy groups -OCH3 is 1. The van der Waals surface area contributed by atoms with Gasteiger partial charge in [0.25, 0.3) is 0 Å². The summed E-state index contributed by atoms with van der Waals surface area (Å²) in [5.74, 6) is 0.0372. The van der Waals surface area contributed by atoms with Crippen molar-refractivity contribution < 1.29 is 13.2 Å². The molecule has 0 aliphatic rings. The number of ether oxygens (including phenoxy) is 1. The third-order valence-corrected chi connectivity index (χ3v) is 3.88. The molecule has 0 radical (unpaired) electrons. The van der Waals surface area contributed by atoms with Crippen LogP contribution >= 0.6 is 12.2 Å². The lowest BCUT2D eigenvalue weighted by Gasteiger charge is -2.08. The minimum atomic E-state index is -3.32. The van der Waals surface area contributed by atoms with E-state index in [1.165, 1.54) is 0 Å². The number of nitrogens with two attached hydrogens (primary N) is 1. The highest BCUT2D eigenvalue weighted by atomic mass is 32.2. The molecule has 19 heavy (non-hydrogen) atoms. The van der Waals surface area contributed by atoms with Crippen LogP contribution in [-0.2, 0) is 21.2 Å². The summed E-state index contributed by atoms with van der Waals surface area (Å²) in [7, 11) is -1.78. The third kappa shape index (κ3) is 6.51. The third-order valence-electron chi connectivity index (χ3n) is 2.37. The first kappa shape index (κ1) is 15.9. The van der Waals surface area contributed by atoms with Crippen molar-refractivity contribution in [1.29, 1.82) is 0 Å². The van der Waals surface area contributed by atoms with Crippen LogP contribution in [0, 0.1) is 0 Å². The van der Waals surface area contributed by atoms with Gasteiger partial charge in [0.15, 0.2) is 0 Å². The first-order valence-corrected chi connectivity index (χ1v) is 7.85. The zero-order chi connectivity index (χ0) is 14.3. The lowest BCUT2D eigenvalue weighted by atomic mass is 10.1. The fourth-order valence-corrected chi connectivity index (χ4v) is 2.78. The summed E-state index contributed by atoms with van der Waals surface area (Å²) in [5.41, 5.74) is 6.93. The van der Waals surface area contributed by atoms with Crippen molar-refractivity contribution in [3.63, 3.8) is 0 Å². The van der Waals surface area contributed by atoms with Gasteiger partial charge in [-0.25, -0.2) is 8.42 Å². The molecule has 1 aromatic rings. The molecule has 0 unspecified atom stereocenters. The van der Waals surface area contributed by atoms with Gasteiger partial charge >= 0.3 is 0 Å². The van der Waals surface area contributed by atoms with Gasteiger partial charge in [-0.15, -0.1) is 0 Å². The van der Waals surface area contributed by atoms with E-state index in [0.717, 1.165) is 5.56 Å². The Balaban J connectivity index is 2.59. The van der Waals surface area contributed by atoms with E-state index < -0.39 is 10.0 Å². The Hall–Kier alpha value is -1.18. The van der Waals surface area contributed by atoms with Gasteiger partial charge in [0.1, 0.15) is 0 Å². The molecule has 0 aliphatic heterocycles. The molecule has 0 fully saturated rings. The number of anilines is 1. The van der Waals surface area contributed by atoms with Crippen molar-refractivity contribution >= 4 is 32.9 Å². The summed E-state index contributed by atoms with van der Waals surface area (Å²) >= 11 is 4.81. The summed E-state index contributed by atoms with van der Waals surface area (Å²) in [6.45, 7) is 0.424. The Morgan fingerprint density at radius 2 is 2.00 bits per heavy atom. The second kappa shape index (κ2) is 7.42. The van der Waals surface area contributed by atoms with Crippen molar-refractivity contribution in [3.8, 4) is 0 Å². The molecule has 0 heterocycles. The molecule has 7 heteroatoms. The highest BCUT2D eigenvalue weighted by Gasteiger charge is 2.09. The molecule has 5 nitrogen and oxygen atoms in total. The van der Waals surface area contributed by atoms with Gasteiger partial charge in [0.05, 0.1) is 10.7 Å². The van der Waals surface area contributed by atoms with E-state index in [1.54, 1.807) is 31.4 Å². The minimum absolute atomic E-state index is 0.0372. The molecule has 1 aromatic carbocycles. The maximum atomic E-state index is 11.7. The summed E-state index contributed by atoms with van der Waals surface area (Å²) < 4.78 is 30.8. The number of thiocarbonyl (C=S) groups is 1. The van der Waals surface area contributed by atoms with Crippen LogP contribution in [0.4, 0.5) is 5.69 Å². The normalized spacial score (nSPS) is 11.2. The van der Waals surface area contributed by atoms with Crippen LogP contribution in [0.3, 0.4) is 0 Å². The molecule has 0 spiro atoms.